The highest BCUT2D eigenvalue weighted by atomic mass is 32.2. The van der Waals surface area contributed by atoms with Gasteiger partial charge in [-0.3, -0.25) is 4.79 Å². The van der Waals surface area contributed by atoms with Crippen molar-refractivity contribution in [2.75, 3.05) is 20.8 Å². The third-order valence-corrected chi connectivity index (χ3v) is 12.6. The first kappa shape index (κ1) is 37.7. The Morgan fingerprint density at radius 3 is 2.23 bits per heavy atom. The average molecular weight is 772 g/mol. The molecule has 6 rings (SSSR count). The summed E-state index contributed by atoms with van der Waals surface area (Å²) in [7, 11) is -1.63. The predicted molar refractivity (Wildman–Crippen MR) is 203 cm³/mol. The number of aromatic nitrogens is 2. The lowest BCUT2D eigenvalue weighted by Crippen LogP contribution is -2.49. The van der Waals surface area contributed by atoms with Crippen LogP contribution in [0.5, 0.6) is 5.88 Å². The second-order valence-electron chi connectivity index (χ2n) is 11.9. The number of thiazole rings is 1. The van der Waals surface area contributed by atoms with E-state index in [0.717, 1.165) is 27.4 Å². The van der Waals surface area contributed by atoms with Gasteiger partial charge >= 0.3 is 6.09 Å². The van der Waals surface area contributed by atoms with Gasteiger partial charge < -0.3 is 20.3 Å². The number of ether oxygens (including phenoxy) is 2. The number of fused-ring (bicyclic) bond motifs is 1. The van der Waals surface area contributed by atoms with E-state index in [2.05, 4.69) is 9.97 Å². The van der Waals surface area contributed by atoms with Crippen LogP contribution in [0.1, 0.15) is 38.4 Å². The number of carbonyl (C=O) groups excluding carboxylic acids is 2. The number of amides is 2. The largest absolute Gasteiger partial charge is 0.481 e. The van der Waals surface area contributed by atoms with E-state index in [0.29, 0.717) is 25.5 Å². The van der Waals surface area contributed by atoms with Crippen LogP contribution in [0.2, 0.25) is 0 Å². The molecule has 3 N–H and O–H groups in total. The number of hydrogen-bond donors (Lipinski definition) is 2. The fourth-order valence-corrected chi connectivity index (χ4v) is 9.69. The Balaban J connectivity index is 1.33. The molecule has 0 fully saturated rings. The van der Waals surface area contributed by atoms with E-state index in [1.54, 1.807) is 41.9 Å². The van der Waals surface area contributed by atoms with Crippen molar-refractivity contribution in [1.29, 1.82) is 0 Å². The van der Waals surface area contributed by atoms with Crippen LogP contribution in [-0.4, -0.2) is 71.6 Å². The molecule has 12 nitrogen and oxygen atoms in total. The van der Waals surface area contributed by atoms with E-state index in [1.807, 2.05) is 60.7 Å². The van der Waals surface area contributed by atoms with Crippen molar-refractivity contribution in [3.8, 4) is 5.88 Å². The normalized spacial score (nSPS) is 12.9. The maximum absolute atomic E-state index is 14.5. The number of nitrogens with zero attached hydrogens (tertiary/aromatic N) is 4. The molecule has 15 heteroatoms. The molecule has 1 unspecified atom stereocenters. The molecule has 0 bridgehead atoms. The van der Waals surface area contributed by atoms with Crippen molar-refractivity contribution in [1.82, 2.24) is 19.2 Å². The molecular weight excluding hydrogens is 735 g/mol. The van der Waals surface area contributed by atoms with Gasteiger partial charge in [-0.2, -0.15) is 4.31 Å². The van der Waals surface area contributed by atoms with Gasteiger partial charge in [0.25, 0.3) is 0 Å². The maximum atomic E-state index is 14.5. The van der Waals surface area contributed by atoms with Crippen LogP contribution in [0, 0.1) is 0 Å². The third-order valence-electron chi connectivity index (χ3n) is 8.75. The summed E-state index contributed by atoms with van der Waals surface area (Å²) in [4.78, 5) is 37.8. The average Bonchev–Trinajstić information content (AvgIpc) is 3.87. The van der Waals surface area contributed by atoms with Gasteiger partial charge in [0.2, 0.25) is 21.8 Å². The van der Waals surface area contributed by atoms with Crippen LogP contribution in [0.4, 0.5) is 4.79 Å². The smallest absolute Gasteiger partial charge is 0.416 e. The van der Waals surface area contributed by atoms with Gasteiger partial charge in [0.1, 0.15) is 0 Å². The van der Waals surface area contributed by atoms with E-state index in [4.69, 9.17) is 15.2 Å². The van der Waals surface area contributed by atoms with Gasteiger partial charge in [0.15, 0.2) is 0 Å². The first-order chi connectivity index (χ1) is 25.7. The molecule has 53 heavy (non-hydrogen) atoms. The van der Waals surface area contributed by atoms with Crippen LogP contribution >= 0.6 is 22.7 Å². The standard InChI is InChI=1S/C38H37N5O7S3/c1-49-36-27(14-9-19-40-36)21-43(53(47,48)29-16-17-30-33(20-29)51-24-41-30)31(23-44)32-18-15-28(52-32)22-42(38(46)50-2)37(45)35(39)34(25-10-5-3-6-11-25)26-12-7-4-8-13-26/h3-20,24,31,34-35,44H,21-23,39H2,1-2H3/t31?,35-/m0/s1. The number of methoxy groups -OCH3 is 2. The van der Waals surface area contributed by atoms with Gasteiger partial charge in [-0.05, 0) is 47.5 Å². The van der Waals surface area contributed by atoms with Crippen molar-refractivity contribution in [2.24, 2.45) is 5.73 Å². The zero-order chi connectivity index (χ0) is 37.5. The van der Waals surface area contributed by atoms with Gasteiger partial charge in [0.05, 0.1) is 60.1 Å². The van der Waals surface area contributed by atoms with E-state index in [-0.39, 0.29) is 23.9 Å². The molecule has 0 aliphatic rings. The first-order valence-electron chi connectivity index (χ1n) is 16.4. The quantitative estimate of drug-likeness (QED) is 0.135. The van der Waals surface area contributed by atoms with Crippen LogP contribution in [-0.2, 0) is 32.6 Å². The number of rotatable bonds is 14. The molecule has 3 aromatic heterocycles. The van der Waals surface area contributed by atoms with Gasteiger partial charge in [-0.15, -0.1) is 22.7 Å². The Morgan fingerprint density at radius 2 is 1.58 bits per heavy atom. The number of sulfonamides is 1. The monoisotopic (exact) mass is 771 g/mol. The lowest BCUT2D eigenvalue weighted by Gasteiger charge is -2.30. The number of carbonyl (C=O) groups is 2. The zero-order valence-corrected chi connectivity index (χ0v) is 31.3. The minimum Gasteiger partial charge on any atom is -0.481 e. The van der Waals surface area contributed by atoms with Crippen molar-refractivity contribution in [2.45, 2.75) is 36.0 Å². The lowest BCUT2D eigenvalue weighted by atomic mass is 9.85. The number of aliphatic hydroxyl groups is 1. The molecule has 0 spiro atoms. The first-order valence-corrected chi connectivity index (χ1v) is 19.6. The summed E-state index contributed by atoms with van der Waals surface area (Å²) in [6.45, 7) is -0.963. The van der Waals surface area contributed by atoms with Crippen molar-refractivity contribution in [3.05, 3.63) is 141 Å². The molecular formula is C38H37N5O7S3. The second kappa shape index (κ2) is 16.8. The van der Waals surface area contributed by atoms with Crippen molar-refractivity contribution >= 4 is 54.9 Å². The Morgan fingerprint density at radius 1 is 0.887 bits per heavy atom. The highest BCUT2D eigenvalue weighted by Gasteiger charge is 2.37. The summed E-state index contributed by atoms with van der Waals surface area (Å²) in [5.74, 6) is -0.987. The van der Waals surface area contributed by atoms with E-state index >= 15 is 0 Å². The van der Waals surface area contributed by atoms with Crippen molar-refractivity contribution in [3.63, 3.8) is 0 Å². The number of hydrogen-bond acceptors (Lipinski definition) is 12. The number of nitrogens with two attached hydrogens (primary N) is 1. The topological polar surface area (TPSA) is 165 Å². The predicted octanol–water partition coefficient (Wildman–Crippen LogP) is 5.94. The molecule has 2 atom stereocenters. The number of benzene rings is 3. The van der Waals surface area contributed by atoms with Gasteiger partial charge in [0, 0.05) is 34.0 Å². The molecule has 6 aromatic rings. The fraction of sp³-hybridized carbons (Fsp3) is 0.211. The van der Waals surface area contributed by atoms with Crippen LogP contribution in [0.3, 0.4) is 0 Å². The summed E-state index contributed by atoms with van der Waals surface area (Å²) >= 11 is 2.47. The molecule has 2 amide bonds. The molecule has 3 heterocycles. The van der Waals surface area contributed by atoms with Gasteiger partial charge in [-0.25, -0.2) is 28.1 Å². The van der Waals surface area contributed by atoms with Crippen LogP contribution in [0.25, 0.3) is 10.2 Å². The minimum atomic E-state index is -4.25. The minimum absolute atomic E-state index is 0.0233. The van der Waals surface area contributed by atoms with E-state index in [1.165, 1.54) is 42.1 Å². The number of imide groups is 1. The highest BCUT2D eigenvalue weighted by molar-refractivity contribution is 7.89. The Labute approximate surface area is 315 Å². The Hall–Kier alpha value is -5.03. The molecule has 0 aliphatic carbocycles. The SMILES string of the molecule is COC(=O)N(Cc1ccc(C(CO)N(Cc2cccnc2OC)S(=O)(=O)c2ccc3ncsc3c2)s1)C(=O)[C@@H](N)C(c1ccccc1)c1ccccc1. The van der Waals surface area contributed by atoms with E-state index in [9.17, 15) is 23.1 Å². The summed E-state index contributed by atoms with van der Waals surface area (Å²) in [6, 6.07) is 27.9. The second-order valence-corrected chi connectivity index (χ2v) is 15.9. The Kier molecular flexibility index (Phi) is 11.9. The summed E-state index contributed by atoms with van der Waals surface area (Å²) in [6.07, 6.45) is 0.640. The van der Waals surface area contributed by atoms with E-state index < -0.39 is 46.6 Å². The summed E-state index contributed by atoms with van der Waals surface area (Å²) in [5.41, 5.74) is 11.1. The van der Waals surface area contributed by atoms with Gasteiger partial charge in [-0.1, -0.05) is 66.7 Å². The molecule has 0 saturated heterocycles. The molecule has 3 aromatic carbocycles. The summed E-state index contributed by atoms with van der Waals surface area (Å²) in [5, 5.41) is 10.8. The zero-order valence-electron chi connectivity index (χ0n) is 28.8. The number of thiophene rings is 1. The van der Waals surface area contributed by atoms with Crippen molar-refractivity contribution < 1.29 is 32.6 Å². The molecule has 0 aliphatic heterocycles. The molecule has 274 valence electrons. The molecule has 0 radical (unpaired) electrons. The lowest BCUT2D eigenvalue weighted by molar-refractivity contribution is -0.131. The highest BCUT2D eigenvalue weighted by Crippen LogP contribution is 2.36. The fourth-order valence-electron chi connectivity index (χ4n) is 6.12. The Bertz CT molecular complexity index is 2240. The summed E-state index contributed by atoms with van der Waals surface area (Å²) < 4.78 is 41.3. The maximum Gasteiger partial charge on any atom is 0.416 e. The third kappa shape index (κ3) is 8.15. The number of aliphatic hydroxyl groups excluding tert-OH is 1. The van der Waals surface area contributed by atoms with Crippen LogP contribution < -0.4 is 10.5 Å². The molecule has 0 saturated carbocycles. The number of pyridine rings is 1. The van der Waals surface area contributed by atoms with Crippen LogP contribution in [0.15, 0.2) is 120 Å².